The summed E-state index contributed by atoms with van der Waals surface area (Å²) in [6, 6.07) is 0. The SMILES string of the molecule is CCCCCCCCS(=O)(=O)O.CCCCS(=O)(=O)O. The van der Waals surface area contributed by atoms with E-state index in [1.807, 2.05) is 6.92 Å². The molecule has 20 heavy (non-hydrogen) atoms. The maximum Gasteiger partial charge on any atom is 0.264 e. The molecule has 6 nitrogen and oxygen atoms in total. The Morgan fingerprint density at radius 2 is 0.950 bits per heavy atom. The molecule has 0 aliphatic carbocycles. The lowest BCUT2D eigenvalue weighted by atomic mass is 10.1. The Labute approximate surface area is 123 Å². The summed E-state index contributed by atoms with van der Waals surface area (Å²) >= 11 is 0. The Morgan fingerprint density at radius 1 is 0.600 bits per heavy atom. The van der Waals surface area contributed by atoms with E-state index in [4.69, 9.17) is 9.11 Å². The fourth-order valence-electron chi connectivity index (χ4n) is 1.39. The summed E-state index contributed by atoms with van der Waals surface area (Å²) in [6.07, 6.45) is 7.47. The Bertz CT molecular complexity index is 400. The van der Waals surface area contributed by atoms with Crippen molar-refractivity contribution in [1.29, 1.82) is 0 Å². The van der Waals surface area contributed by atoms with Crippen LogP contribution >= 0.6 is 0 Å². The van der Waals surface area contributed by atoms with Gasteiger partial charge in [0.05, 0.1) is 11.5 Å². The molecule has 0 aromatic rings. The van der Waals surface area contributed by atoms with E-state index in [0.29, 0.717) is 12.8 Å². The predicted octanol–water partition coefficient (Wildman–Crippen LogP) is 2.91. The van der Waals surface area contributed by atoms with Crippen molar-refractivity contribution < 1.29 is 25.9 Å². The summed E-state index contributed by atoms with van der Waals surface area (Å²) in [5, 5.41) is 0. The molecule has 0 saturated carbocycles. The molecule has 0 aromatic carbocycles. The molecule has 0 bridgehead atoms. The molecule has 0 aliphatic heterocycles. The molecule has 0 aliphatic rings. The van der Waals surface area contributed by atoms with Crippen molar-refractivity contribution in [2.75, 3.05) is 11.5 Å². The van der Waals surface area contributed by atoms with E-state index in [1.165, 1.54) is 19.3 Å². The highest BCUT2D eigenvalue weighted by Gasteiger charge is 2.02. The number of hydrogen-bond donors (Lipinski definition) is 2. The molecule has 0 unspecified atom stereocenters. The van der Waals surface area contributed by atoms with Crippen molar-refractivity contribution in [2.24, 2.45) is 0 Å². The standard InChI is InChI=1S/C8H18O3S.C4H10O3S/c1-2-3-4-5-6-7-8-12(9,10)11;1-2-3-4-8(5,6)7/h2-8H2,1H3,(H,9,10,11);2-4H2,1H3,(H,5,6,7). The van der Waals surface area contributed by atoms with Gasteiger partial charge in [0.1, 0.15) is 0 Å². The monoisotopic (exact) mass is 332 g/mol. The quantitative estimate of drug-likeness (QED) is 0.470. The fourth-order valence-corrected chi connectivity index (χ4v) is 2.61. The predicted molar refractivity (Wildman–Crippen MR) is 81.1 cm³/mol. The third-order valence-corrected chi connectivity index (χ3v) is 4.12. The molecule has 0 heterocycles. The average molecular weight is 332 g/mol. The normalized spacial score (nSPS) is 11.8. The van der Waals surface area contributed by atoms with Crippen molar-refractivity contribution in [3.8, 4) is 0 Å². The lowest BCUT2D eigenvalue weighted by Crippen LogP contribution is -2.03. The van der Waals surface area contributed by atoms with E-state index < -0.39 is 20.2 Å². The minimum absolute atomic E-state index is 0.0842. The van der Waals surface area contributed by atoms with Gasteiger partial charge < -0.3 is 0 Å². The molecular formula is C12H28O6S2. The second-order valence-electron chi connectivity index (χ2n) is 4.69. The van der Waals surface area contributed by atoms with Crippen molar-refractivity contribution >= 4 is 20.2 Å². The van der Waals surface area contributed by atoms with Crippen LogP contribution in [0.5, 0.6) is 0 Å². The van der Waals surface area contributed by atoms with Crippen molar-refractivity contribution in [3.05, 3.63) is 0 Å². The second kappa shape index (κ2) is 12.6. The first-order chi connectivity index (χ1) is 9.12. The summed E-state index contributed by atoms with van der Waals surface area (Å²) in [5.74, 6) is -0.192. The van der Waals surface area contributed by atoms with Crippen molar-refractivity contribution in [3.63, 3.8) is 0 Å². The molecule has 0 amide bonds. The first-order valence-electron chi connectivity index (χ1n) is 7.02. The van der Waals surface area contributed by atoms with Gasteiger partial charge >= 0.3 is 0 Å². The van der Waals surface area contributed by atoms with Gasteiger partial charge in [-0.25, -0.2) is 0 Å². The van der Waals surface area contributed by atoms with E-state index in [9.17, 15) is 16.8 Å². The van der Waals surface area contributed by atoms with Crippen LogP contribution in [0.2, 0.25) is 0 Å². The van der Waals surface area contributed by atoms with Gasteiger partial charge in [-0.3, -0.25) is 9.11 Å². The van der Waals surface area contributed by atoms with Crippen LogP contribution in [0, 0.1) is 0 Å². The molecule has 124 valence electrons. The molecule has 0 spiro atoms. The smallest absolute Gasteiger partial charge is 0.264 e. The zero-order chi connectivity index (χ0) is 16.1. The Morgan fingerprint density at radius 3 is 1.30 bits per heavy atom. The van der Waals surface area contributed by atoms with Crippen LogP contribution in [-0.4, -0.2) is 37.4 Å². The first kappa shape index (κ1) is 22.1. The Hall–Kier alpha value is -0.180. The maximum atomic E-state index is 10.3. The Kier molecular flexibility index (Phi) is 13.9. The molecule has 0 radical (unpaired) electrons. The summed E-state index contributed by atoms with van der Waals surface area (Å²) < 4.78 is 57.0. The van der Waals surface area contributed by atoms with E-state index in [0.717, 1.165) is 19.3 Å². The van der Waals surface area contributed by atoms with Crippen molar-refractivity contribution in [1.82, 2.24) is 0 Å². The summed E-state index contributed by atoms with van der Waals surface area (Å²) in [6.45, 7) is 4.00. The van der Waals surface area contributed by atoms with Gasteiger partial charge in [-0.2, -0.15) is 16.8 Å². The van der Waals surface area contributed by atoms with Gasteiger partial charge in [-0.15, -0.1) is 0 Å². The molecule has 0 aromatic heterocycles. The average Bonchev–Trinajstić information content (AvgIpc) is 2.29. The molecule has 0 fully saturated rings. The van der Waals surface area contributed by atoms with Crippen LogP contribution in [0.15, 0.2) is 0 Å². The second-order valence-corrected chi connectivity index (χ2v) is 7.84. The highest BCUT2D eigenvalue weighted by molar-refractivity contribution is 7.86. The fraction of sp³-hybridized carbons (Fsp3) is 1.00. The van der Waals surface area contributed by atoms with Crippen LogP contribution < -0.4 is 0 Å². The summed E-state index contributed by atoms with van der Waals surface area (Å²) in [7, 11) is -7.40. The third-order valence-electron chi connectivity index (χ3n) is 2.51. The van der Waals surface area contributed by atoms with Gasteiger partial charge in [0.2, 0.25) is 0 Å². The summed E-state index contributed by atoms with van der Waals surface area (Å²) in [4.78, 5) is 0. The lowest BCUT2D eigenvalue weighted by Gasteiger charge is -1.98. The van der Waals surface area contributed by atoms with Crippen LogP contribution in [0.25, 0.3) is 0 Å². The largest absolute Gasteiger partial charge is 0.286 e. The molecule has 8 heteroatoms. The highest BCUT2D eigenvalue weighted by atomic mass is 32.2. The van der Waals surface area contributed by atoms with Crippen LogP contribution in [0.3, 0.4) is 0 Å². The number of unbranched alkanes of at least 4 members (excludes halogenated alkanes) is 6. The number of hydrogen-bond acceptors (Lipinski definition) is 4. The molecule has 2 N–H and O–H groups in total. The maximum absolute atomic E-state index is 10.3. The Balaban J connectivity index is 0. The van der Waals surface area contributed by atoms with Gasteiger partial charge in [-0.1, -0.05) is 52.4 Å². The minimum Gasteiger partial charge on any atom is -0.286 e. The van der Waals surface area contributed by atoms with E-state index in [2.05, 4.69) is 6.92 Å². The third kappa shape index (κ3) is 26.4. The van der Waals surface area contributed by atoms with Gasteiger partial charge in [0.25, 0.3) is 20.2 Å². The zero-order valence-electron chi connectivity index (χ0n) is 12.4. The van der Waals surface area contributed by atoms with Crippen LogP contribution in [0.4, 0.5) is 0 Å². The van der Waals surface area contributed by atoms with Crippen LogP contribution in [0.1, 0.15) is 65.2 Å². The van der Waals surface area contributed by atoms with Gasteiger partial charge in [0, 0.05) is 0 Å². The van der Waals surface area contributed by atoms with E-state index in [1.54, 1.807) is 0 Å². The molecule has 0 rings (SSSR count). The zero-order valence-corrected chi connectivity index (χ0v) is 14.0. The molecule has 0 saturated heterocycles. The highest BCUT2D eigenvalue weighted by Crippen LogP contribution is 2.05. The first-order valence-corrected chi connectivity index (χ1v) is 10.2. The van der Waals surface area contributed by atoms with Gasteiger partial charge in [-0.05, 0) is 12.8 Å². The minimum atomic E-state index is -3.72. The molecule has 0 atom stereocenters. The molecular weight excluding hydrogens is 304 g/mol. The van der Waals surface area contributed by atoms with Crippen molar-refractivity contribution in [2.45, 2.75) is 65.2 Å². The lowest BCUT2D eigenvalue weighted by molar-refractivity contribution is 0.477. The van der Waals surface area contributed by atoms with Gasteiger partial charge in [0.15, 0.2) is 0 Å². The van der Waals surface area contributed by atoms with E-state index in [-0.39, 0.29) is 11.5 Å². The topological polar surface area (TPSA) is 109 Å². The number of rotatable bonds is 10. The summed E-state index contributed by atoms with van der Waals surface area (Å²) in [5.41, 5.74) is 0. The van der Waals surface area contributed by atoms with E-state index >= 15 is 0 Å². The van der Waals surface area contributed by atoms with Crippen LogP contribution in [-0.2, 0) is 20.2 Å².